The molecule has 3 atom stereocenters. The van der Waals surface area contributed by atoms with Gasteiger partial charge in [0.05, 0.1) is 6.10 Å². The van der Waals surface area contributed by atoms with E-state index in [1.54, 1.807) is 0 Å². The fourth-order valence-electron chi connectivity index (χ4n) is 1.52. The Hall–Kier alpha value is -0.650. The van der Waals surface area contributed by atoms with Crippen molar-refractivity contribution in [2.45, 2.75) is 44.4 Å². The molecule has 1 saturated heterocycles. The first kappa shape index (κ1) is 12.4. The molecule has 3 unspecified atom stereocenters. The van der Waals surface area contributed by atoms with Crippen molar-refractivity contribution >= 4 is 5.97 Å². The third kappa shape index (κ3) is 2.68. The Balaban J connectivity index is 2.53. The molecule has 0 aliphatic carbocycles. The van der Waals surface area contributed by atoms with E-state index in [-0.39, 0.29) is 18.2 Å². The van der Waals surface area contributed by atoms with Crippen LogP contribution in [0.3, 0.4) is 0 Å². The third-order valence-corrected chi connectivity index (χ3v) is 3.18. The number of nitrogens with one attached hydrogen (secondary N) is 1. The highest BCUT2D eigenvalue weighted by Gasteiger charge is 2.39. The van der Waals surface area contributed by atoms with Crippen LogP contribution in [0.5, 0.6) is 0 Å². The average molecular weight is 217 g/mol. The van der Waals surface area contributed by atoms with Crippen LogP contribution < -0.4 is 5.32 Å². The van der Waals surface area contributed by atoms with E-state index in [9.17, 15) is 9.90 Å². The molecule has 0 aromatic rings. The number of hydrogen-bond acceptors (Lipinski definition) is 4. The molecule has 1 rings (SSSR count). The van der Waals surface area contributed by atoms with E-state index in [0.717, 1.165) is 6.42 Å². The van der Waals surface area contributed by atoms with Crippen LogP contribution in [0.15, 0.2) is 0 Å². The van der Waals surface area contributed by atoms with E-state index in [4.69, 9.17) is 9.84 Å². The number of aliphatic carboxylic acids is 1. The maximum atomic E-state index is 10.7. The number of carboxylic acids is 1. The molecule has 0 radical (unpaired) electrons. The van der Waals surface area contributed by atoms with Gasteiger partial charge in [0.25, 0.3) is 0 Å². The second-order valence-electron chi connectivity index (χ2n) is 4.61. The number of aliphatic hydroxyl groups is 1. The van der Waals surface area contributed by atoms with Gasteiger partial charge in [-0.25, -0.2) is 4.79 Å². The normalized spacial score (nSPS) is 35.1. The summed E-state index contributed by atoms with van der Waals surface area (Å²) < 4.78 is 5.40. The SMILES string of the molecule is CC1OCCC1(C)NCC(C)(O)C(=O)O. The molecule has 5 heteroatoms. The second kappa shape index (κ2) is 4.08. The van der Waals surface area contributed by atoms with Crippen LogP contribution in [0, 0.1) is 0 Å². The molecule has 0 bridgehead atoms. The summed E-state index contributed by atoms with van der Waals surface area (Å²) in [4.78, 5) is 10.7. The van der Waals surface area contributed by atoms with E-state index in [1.807, 2.05) is 13.8 Å². The molecular weight excluding hydrogens is 198 g/mol. The predicted octanol–water partition coefficient (Wildman–Crippen LogP) is -0.0209. The van der Waals surface area contributed by atoms with Crippen LogP contribution >= 0.6 is 0 Å². The highest BCUT2D eigenvalue weighted by molar-refractivity contribution is 5.76. The van der Waals surface area contributed by atoms with Crippen LogP contribution in [0.2, 0.25) is 0 Å². The van der Waals surface area contributed by atoms with Crippen molar-refractivity contribution in [3.63, 3.8) is 0 Å². The van der Waals surface area contributed by atoms with E-state index < -0.39 is 11.6 Å². The summed E-state index contributed by atoms with van der Waals surface area (Å²) in [6, 6.07) is 0. The van der Waals surface area contributed by atoms with Crippen molar-refractivity contribution in [3.05, 3.63) is 0 Å². The lowest BCUT2D eigenvalue weighted by Gasteiger charge is -2.32. The lowest BCUT2D eigenvalue weighted by molar-refractivity contribution is -0.156. The van der Waals surface area contributed by atoms with Crippen molar-refractivity contribution in [2.24, 2.45) is 0 Å². The van der Waals surface area contributed by atoms with Gasteiger partial charge in [-0.15, -0.1) is 0 Å². The molecule has 1 aliphatic rings. The molecular formula is C10H19NO4. The molecule has 0 saturated carbocycles. The van der Waals surface area contributed by atoms with Gasteiger partial charge in [0, 0.05) is 18.7 Å². The maximum absolute atomic E-state index is 10.7. The minimum absolute atomic E-state index is 0.0204. The number of hydrogen-bond donors (Lipinski definition) is 3. The molecule has 1 aliphatic heterocycles. The second-order valence-corrected chi connectivity index (χ2v) is 4.61. The Bertz CT molecular complexity index is 254. The van der Waals surface area contributed by atoms with Gasteiger partial charge in [-0.1, -0.05) is 0 Å². The van der Waals surface area contributed by atoms with E-state index in [0.29, 0.717) is 6.61 Å². The van der Waals surface area contributed by atoms with Crippen molar-refractivity contribution in [3.8, 4) is 0 Å². The fraction of sp³-hybridized carbons (Fsp3) is 0.900. The monoisotopic (exact) mass is 217 g/mol. The van der Waals surface area contributed by atoms with Crippen molar-refractivity contribution in [1.82, 2.24) is 5.32 Å². The first-order chi connectivity index (χ1) is 6.78. The average Bonchev–Trinajstić information content (AvgIpc) is 2.45. The van der Waals surface area contributed by atoms with E-state index in [1.165, 1.54) is 6.92 Å². The van der Waals surface area contributed by atoms with Crippen LogP contribution in [0.4, 0.5) is 0 Å². The van der Waals surface area contributed by atoms with Gasteiger partial charge >= 0.3 is 5.97 Å². The van der Waals surface area contributed by atoms with Gasteiger partial charge in [-0.2, -0.15) is 0 Å². The van der Waals surface area contributed by atoms with Crippen LogP contribution in [0.1, 0.15) is 27.2 Å². The summed E-state index contributed by atoms with van der Waals surface area (Å²) in [6.45, 7) is 5.89. The summed E-state index contributed by atoms with van der Waals surface area (Å²) in [6.07, 6.45) is 0.853. The Morgan fingerprint density at radius 1 is 1.73 bits per heavy atom. The van der Waals surface area contributed by atoms with Crippen LogP contribution in [0.25, 0.3) is 0 Å². The number of β-amino-alcohol motifs (C(OH)–C–C–N with tert-alkyl or cyclic N) is 1. The molecule has 5 nitrogen and oxygen atoms in total. The number of carbonyl (C=O) groups is 1. The molecule has 15 heavy (non-hydrogen) atoms. The van der Waals surface area contributed by atoms with E-state index >= 15 is 0 Å². The van der Waals surface area contributed by atoms with Gasteiger partial charge < -0.3 is 20.3 Å². The fourth-order valence-corrected chi connectivity index (χ4v) is 1.52. The molecule has 0 amide bonds. The zero-order chi connectivity index (χ0) is 11.7. The first-order valence-corrected chi connectivity index (χ1v) is 5.10. The molecule has 1 fully saturated rings. The predicted molar refractivity (Wildman–Crippen MR) is 54.7 cm³/mol. The standard InChI is InChI=1S/C10H19NO4/c1-7-9(2,4-5-15-7)11-6-10(3,14)8(12)13/h7,11,14H,4-6H2,1-3H3,(H,12,13). The number of ether oxygens (including phenoxy) is 1. The van der Waals surface area contributed by atoms with Crippen molar-refractivity contribution in [1.29, 1.82) is 0 Å². The van der Waals surface area contributed by atoms with Gasteiger partial charge in [-0.05, 0) is 27.2 Å². The summed E-state index contributed by atoms with van der Waals surface area (Å²) in [5.74, 6) is -1.22. The van der Waals surface area contributed by atoms with Gasteiger partial charge in [0.1, 0.15) is 0 Å². The van der Waals surface area contributed by atoms with Crippen LogP contribution in [-0.2, 0) is 9.53 Å². The Morgan fingerprint density at radius 2 is 2.33 bits per heavy atom. The number of carboxylic acid groups (broad SMARTS) is 1. The number of rotatable bonds is 4. The first-order valence-electron chi connectivity index (χ1n) is 5.10. The molecule has 0 spiro atoms. The highest BCUT2D eigenvalue weighted by Crippen LogP contribution is 2.25. The Morgan fingerprint density at radius 3 is 2.73 bits per heavy atom. The van der Waals surface area contributed by atoms with Crippen molar-refractivity contribution < 1.29 is 19.7 Å². The zero-order valence-corrected chi connectivity index (χ0v) is 9.41. The van der Waals surface area contributed by atoms with Crippen LogP contribution in [-0.4, -0.2) is 46.6 Å². The zero-order valence-electron chi connectivity index (χ0n) is 9.41. The molecule has 88 valence electrons. The van der Waals surface area contributed by atoms with Gasteiger partial charge in [0.15, 0.2) is 5.60 Å². The minimum atomic E-state index is -1.73. The largest absolute Gasteiger partial charge is 0.479 e. The molecule has 0 aromatic heterocycles. The lowest BCUT2D eigenvalue weighted by Crippen LogP contribution is -2.55. The van der Waals surface area contributed by atoms with Gasteiger partial charge in [-0.3, -0.25) is 0 Å². The smallest absolute Gasteiger partial charge is 0.336 e. The molecule has 3 N–H and O–H groups in total. The topological polar surface area (TPSA) is 78.8 Å². The molecule has 1 heterocycles. The summed E-state index contributed by atoms with van der Waals surface area (Å²) in [5.41, 5.74) is -1.98. The minimum Gasteiger partial charge on any atom is -0.479 e. The lowest BCUT2D eigenvalue weighted by atomic mass is 9.93. The Kier molecular flexibility index (Phi) is 3.38. The van der Waals surface area contributed by atoms with Gasteiger partial charge in [0.2, 0.25) is 0 Å². The third-order valence-electron chi connectivity index (χ3n) is 3.18. The summed E-state index contributed by atoms with van der Waals surface area (Å²) in [5, 5.41) is 21.4. The Labute approximate surface area is 89.4 Å². The molecule has 0 aromatic carbocycles. The maximum Gasteiger partial charge on any atom is 0.336 e. The summed E-state index contributed by atoms with van der Waals surface area (Å²) in [7, 11) is 0. The van der Waals surface area contributed by atoms with Crippen molar-refractivity contribution in [2.75, 3.05) is 13.2 Å². The quantitative estimate of drug-likeness (QED) is 0.616. The van der Waals surface area contributed by atoms with E-state index in [2.05, 4.69) is 5.32 Å². The highest BCUT2D eigenvalue weighted by atomic mass is 16.5. The summed E-state index contributed by atoms with van der Waals surface area (Å²) >= 11 is 0.